The van der Waals surface area contributed by atoms with Crippen molar-refractivity contribution in [3.05, 3.63) is 60.2 Å². The molecule has 0 saturated heterocycles. The van der Waals surface area contributed by atoms with Gasteiger partial charge in [-0.15, -0.1) is 11.6 Å². The molecule has 7 nitrogen and oxygen atoms in total. The van der Waals surface area contributed by atoms with E-state index in [0.29, 0.717) is 47.9 Å². The van der Waals surface area contributed by atoms with Crippen LogP contribution in [0, 0.1) is 34.5 Å². The van der Waals surface area contributed by atoms with E-state index in [1.807, 2.05) is 24.3 Å². The molecule has 2 aromatic rings. The molecule has 234 valence electrons. The number of halogens is 1. The van der Waals surface area contributed by atoms with Crippen LogP contribution in [0.15, 0.2) is 48.8 Å². The van der Waals surface area contributed by atoms with Gasteiger partial charge in [0.25, 0.3) is 0 Å². The highest BCUT2D eigenvalue weighted by atomic mass is 35.5. The minimum atomic E-state index is -0.478. The number of hydrogen-bond acceptors (Lipinski definition) is 6. The lowest BCUT2D eigenvalue weighted by molar-refractivity contribution is -0.162. The van der Waals surface area contributed by atoms with E-state index < -0.39 is 5.60 Å². The Kier molecular flexibility index (Phi) is 7.72. The van der Waals surface area contributed by atoms with Gasteiger partial charge in [-0.25, -0.2) is 0 Å². The summed E-state index contributed by atoms with van der Waals surface area (Å²) in [4.78, 5) is 45.6. The summed E-state index contributed by atoms with van der Waals surface area (Å²) in [5.74, 6) is 2.74. The monoisotopic (exact) mass is 617 g/mol. The predicted molar refractivity (Wildman–Crippen MR) is 167 cm³/mol. The average Bonchev–Trinajstić information content (AvgIpc) is 2.95. The molecule has 8 aliphatic carbocycles. The molecule has 8 saturated carbocycles. The molecular weight excluding hydrogens is 574 g/mol. The van der Waals surface area contributed by atoms with Crippen molar-refractivity contribution in [3.8, 4) is 0 Å². The van der Waals surface area contributed by atoms with Crippen LogP contribution in [-0.4, -0.2) is 49.6 Å². The van der Waals surface area contributed by atoms with Crippen molar-refractivity contribution in [1.82, 2.24) is 15.3 Å². The summed E-state index contributed by atoms with van der Waals surface area (Å²) < 4.78 is 0. The summed E-state index contributed by atoms with van der Waals surface area (Å²) in [7, 11) is 0. The number of hydrogen-bond donors (Lipinski definition) is 2. The van der Waals surface area contributed by atoms with Gasteiger partial charge in [0.1, 0.15) is 17.3 Å². The van der Waals surface area contributed by atoms with Gasteiger partial charge < -0.3 is 10.4 Å². The summed E-state index contributed by atoms with van der Waals surface area (Å²) in [5, 5.41) is 13.9. The molecule has 4 atom stereocenters. The first-order valence-corrected chi connectivity index (χ1v) is 17.1. The van der Waals surface area contributed by atoms with E-state index in [1.54, 1.807) is 24.5 Å². The van der Waals surface area contributed by atoms with Crippen LogP contribution >= 0.6 is 11.6 Å². The SMILES string of the molecule is O=C(CC12CC3CC(CC(O)(C3)C1)C2)c1ccccn1.O=C(CCl)NC12CC3CC(CC(CC(=O)c4ccccn4)(C3)C1)C2. The number of nitrogens with one attached hydrogen (secondary N) is 1. The topological polar surface area (TPSA) is 109 Å². The Morgan fingerprint density at radius 3 is 1.64 bits per heavy atom. The predicted octanol–water partition coefficient (Wildman–Crippen LogP) is 6.33. The molecule has 44 heavy (non-hydrogen) atoms. The fraction of sp³-hybridized carbons (Fsp3) is 0.639. The minimum absolute atomic E-state index is 0.0109. The normalized spacial score (nSPS) is 39.0. The number of amides is 1. The highest BCUT2D eigenvalue weighted by Crippen LogP contribution is 2.64. The van der Waals surface area contributed by atoms with Crippen LogP contribution in [0.1, 0.15) is 111 Å². The summed E-state index contributed by atoms with van der Waals surface area (Å²) in [5.41, 5.74) is 0.600. The van der Waals surface area contributed by atoms with Crippen LogP contribution < -0.4 is 5.32 Å². The van der Waals surface area contributed by atoms with E-state index >= 15 is 0 Å². The first-order chi connectivity index (χ1) is 21.1. The van der Waals surface area contributed by atoms with Gasteiger partial charge in [-0.3, -0.25) is 24.4 Å². The summed E-state index contributed by atoms with van der Waals surface area (Å²) >= 11 is 5.72. The van der Waals surface area contributed by atoms with Crippen molar-refractivity contribution in [3.63, 3.8) is 0 Å². The van der Waals surface area contributed by atoms with Gasteiger partial charge in [0.05, 0.1) is 5.60 Å². The molecule has 8 bridgehead atoms. The molecule has 1 amide bonds. The van der Waals surface area contributed by atoms with Crippen molar-refractivity contribution >= 4 is 29.1 Å². The highest BCUT2D eigenvalue weighted by molar-refractivity contribution is 6.27. The van der Waals surface area contributed by atoms with Gasteiger partial charge in [-0.2, -0.15) is 0 Å². The van der Waals surface area contributed by atoms with Crippen LogP contribution in [0.25, 0.3) is 0 Å². The molecule has 2 aromatic heterocycles. The fourth-order valence-electron chi connectivity index (χ4n) is 11.7. The van der Waals surface area contributed by atoms with Gasteiger partial charge in [0.15, 0.2) is 11.6 Å². The van der Waals surface area contributed by atoms with Gasteiger partial charge in [0, 0.05) is 30.8 Å². The molecule has 4 unspecified atom stereocenters. The third-order valence-electron chi connectivity index (χ3n) is 11.8. The molecule has 0 radical (unpaired) electrons. The summed E-state index contributed by atoms with van der Waals surface area (Å²) in [6.45, 7) is 0. The Balaban J connectivity index is 0.000000144. The summed E-state index contributed by atoms with van der Waals surface area (Å²) in [6.07, 6.45) is 17.2. The number of nitrogens with zero attached hydrogens (tertiary/aromatic N) is 2. The first kappa shape index (κ1) is 30.0. The second-order valence-corrected chi connectivity index (χ2v) is 16.0. The Morgan fingerprint density at radius 1 is 0.727 bits per heavy atom. The highest BCUT2D eigenvalue weighted by Gasteiger charge is 2.59. The van der Waals surface area contributed by atoms with Crippen molar-refractivity contribution in [2.75, 3.05) is 5.88 Å². The maximum Gasteiger partial charge on any atom is 0.235 e. The zero-order chi connectivity index (χ0) is 30.6. The van der Waals surface area contributed by atoms with Crippen molar-refractivity contribution in [2.24, 2.45) is 34.5 Å². The van der Waals surface area contributed by atoms with Crippen LogP contribution in [0.3, 0.4) is 0 Å². The molecule has 8 aliphatic rings. The first-order valence-electron chi connectivity index (χ1n) is 16.6. The van der Waals surface area contributed by atoms with E-state index in [1.165, 1.54) is 12.8 Å². The van der Waals surface area contributed by atoms with Crippen molar-refractivity contribution < 1.29 is 19.5 Å². The Morgan fingerprint density at radius 2 is 1.20 bits per heavy atom. The van der Waals surface area contributed by atoms with E-state index in [2.05, 4.69) is 15.3 Å². The quantitative estimate of drug-likeness (QED) is 0.264. The number of carbonyl (C=O) groups excluding carboxylic acids is 3. The molecule has 0 aliphatic heterocycles. The van der Waals surface area contributed by atoms with E-state index in [9.17, 15) is 19.5 Å². The molecule has 0 spiro atoms. The zero-order valence-corrected chi connectivity index (χ0v) is 26.2. The van der Waals surface area contributed by atoms with E-state index in [-0.39, 0.29) is 39.7 Å². The van der Waals surface area contributed by atoms with Crippen LogP contribution in [0.4, 0.5) is 0 Å². The largest absolute Gasteiger partial charge is 0.390 e. The lowest BCUT2D eigenvalue weighted by Gasteiger charge is -2.62. The number of aromatic nitrogens is 2. The maximum absolute atomic E-state index is 12.7. The van der Waals surface area contributed by atoms with Crippen LogP contribution in [-0.2, 0) is 4.79 Å². The number of ketones is 2. The Labute approximate surface area is 265 Å². The minimum Gasteiger partial charge on any atom is -0.390 e. The van der Waals surface area contributed by atoms with Crippen LogP contribution in [0.2, 0.25) is 0 Å². The van der Waals surface area contributed by atoms with E-state index in [4.69, 9.17) is 11.6 Å². The lowest BCUT2D eigenvalue weighted by atomic mass is 9.46. The van der Waals surface area contributed by atoms with Crippen LogP contribution in [0.5, 0.6) is 0 Å². The number of alkyl halides is 1. The van der Waals surface area contributed by atoms with E-state index in [0.717, 1.165) is 64.2 Å². The van der Waals surface area contributed by atoms with Gasteiger partial charge in [-0.05, 0) is 136 Å². The second kappa shape index (κ2) is 11.3. The third-order valence-corrected chi connectivity index (χ3v) is 12.1. The number of rotatable bonds is 8. The van der Waals surface area contributed by atoms with Gasteiger partial charge >= 0.3 is 0 Å². The number of pyridine rings is 2. The lowest BCUT2D eigenvalue weighted by Crippen LogP contribution is -2.63. The zero-order valence-electron chi connectivity index (χ0n) is 25.5. The number of carbonyl (C=O) groups is 3. The smallest absolute Gasteiger partial charge is 0.235 e. The standard InChI is InChI=1S/C19H23ClN2O2.C17H21NO2/c20-11-17(24)22-19-8-13-5-14(9-19)7-18(6-13,12-19)10-16(23)15-3-1-2-4-21-15;19-15(14-3-1-2-4-18-14)10-16-6-12-5-13(7-16)9-17(20,8-12)11-16/h1-4,13-14H,5-12H2,(H,22,24);1-4,12-13,20H,5-11H2. The average molecular weight is 618 g/mol. The van der Waals surface area contributed by atoms with Crippen molar-refractivity contribution in [1.29, 1.82) is 0 Å². The molecule has 0 aromatic carbocycles. The third kappa shape index (κ3) is 5.99. The van der Waals surface area contributed by atoms with Gasteiger partial charge in [-0.1, -0.05) is 12.1 Å². The molecule has 2 heterocycles. The Bertz CT molecular complexity index is 1390. The molecule has 2 N–H and O–H groups in total. The molecular formula is C36H44ClN3O4. The molecule has 10 rings (SSSR count). The van der Waals surface area contributed by atoms with Gasteiger partial charge in [0.2, 0.25) is 5.91 Å². The molecule has 8 heteroatoms. The second-order valence-electron chi connectivity index (χ2n) is 15.7. The number of aliphatic hydroxyl groups is 1. The summed E-state index contributed by atoms with van der Waals surface area (Å²) in [6, 6.07) is 11.0. The molecule has 8 fully saturated rings. The van der Waals surface area contributed by atoms with Crippen molar-refractivity contribution in [2.45, 2.75) is 101 Å². The number of Topliss-reactive ketones (excluding diaryl/α,β-unsaturated/α-hetero) is 2. The maximum atomic E-state index is 12.7. The Hall–Kier alpha value is -2.64. The fourth-order valence-corrected chi connectivity index (χ4v) is 11.7.